The van der Waals surface area contributed by atoms with Crippen LogP contribution in [0.2, 0.25) is 5.02 Å². The first kappa shape index (κ1) is 17.6. The summed E-state index contributed by atoms with van der Waals surface area (Å²) in [6.45, 7) is 1.63. The summed E-state index contributed by atoms with van der Waals surface area (Å²) in [5.74, 6) is -0.305. The zero-order chi connectivity index (χ0) is 16.9. The van der Waals surface area contributed by atoms with Crippen LogP contribution in [-0.2, 0) is 14.3 Å². The van der Waals surface area contributed by atoms with Crippen molar-refractivity contribution in [1.82, 2.24) is 5.32 Å². The molecule has 1 N–H and O–H groups in total. The van der Waals surface area contributed by atoms with Crippen molar-refractivity contribution >= 4 is 23.5 Å². The second kappa shape index (κ2) is 7.68. The van der Waals surface area contributed by atoms with Gasteiger partial charge in [-0.3, -0.25) is 4.79 Å². The van der Waals surface area contributed by atoms with E-state index in [-0.39, 0.29) is 5.91 Å². The van der Waals surface area contributed by atoms with E-state index < -0.39 is 17.6 Å². The number of hydrogen-bond donors (Lipinski definition) is 1. The van der Waals surface area contributed by atoms with Crippen LogP contribution in [-0.4, -0.2) is 30.6 Å². The van der Waals surface area contributed by atoms with Crippen LogP contribution in [0.25, 0.3) is 0 Å². The Bertz CT molecular complexity index is 569. The van der Waals surface area contributed by atoms with Gasteiger partial charge >= 0.3 is 5.97 Å². The number of nitrogens with one attached hydrogen (secondary N) is 1. The average Bonchev–Trinajstić information content (AvgIpc) is 2.56. The maximum atomic E-state index is 12.5. The molecule has 0 aromatic heterocycles. The third-order valence-electron chi connectivity index (χ3n) is 4.16. The molecule has 1 aromatic carbocycles. The fourth-order valence-electron chi connectivity index (χ4n) is 2.85. The van der Waals surface area contributed by atoms with Crippen molar-refractivity contribution in [3.05, 3.63) is 29.3 Å². The second-order valence-electron chi connectivity index (χ2n) is 5.81. The van der Waals surface area contributed by atoms with Gasteiger partial charge in [0.1, 0.15) is 11.3 Å². The van der Waals surface area contributed by atoms with Gasteiger partial charge in [-0.25, -0.2) is 4.79 Å². The Balaban J connectivity index is 2.06. The van der Waals surface area contributed by atoms with Crippen LogP contribution >= 0.6 is 11.6 Å². The number of rotatable bonds is 5. The van der Waals surface area contributed by atoms with Gasteiger partial charge in [-0.1, -0.05) is 43.0 Å². The molecule has 1 atom stereocenters. The highest BCUT2D eigenvalue weighted by Gasteiger charge is 2.42. The lowest BCUT2D eigenvalue weighted by Crippen LogP contribution is -2.58. The van der Waals surface area contributed by atoms with Crippen LogP contribution in [0, 0.1) is 0 Å². The van der Waals surface area contributed by atoms with Crippen molar-refractivity contribution in [2.75, 3.05) is 7.11 Å². The molecule has 23 heavy (non-hydrogen) atoms. The summed E-state index contributed by atoms with van der Waals surface area (Å²) in [6, 6.07) is 6.96. The number of methoxy groups -OCH3 is 1. The number of hydrogen-bond acceptors (Lipinski definition) is 4. The first-order valence-corrected chi connectivity index (χ1v) is 8.18. The van der Waals surface area contributed by atoms with Crippen molar-refractivity contribution in [1.29, 1.82) is 0 Å². The fraction of sp³-hybridized carbons (Fsp3) is 0.529. The third-order valence-corrected chi connectivity index (χ3v) is 4.47. The quantitative estimate of drug-likeness (QED) is 0.837. The average molecular weight is 340 g/mol. The van der Waals surface area contributed by atoms with E-state index in [4.69, 9.17) is 21.1 Å². The number of amides is 1. The smallest absolute Gasteiger partial charge is 0.331 e. The molecule has 1 aromatic rings. The number of carbonyl (C=O) groups is 2. The van der Waals surface area contributed by atoms with Gasteiger partial charge < -0.3 is 14.8 Å². The third kappa shape index (κ3) is 4.16. The van der Waals surface area contributed by atoms with Crippen LogP contribution in [0.1, 0.15) is 39.0 Å². The molecule has 1 aliphatic rings. The van der Waals surface area contributed by atoms with Gasteiger partial charge in [0.05, 0.1) is 12.1 Å². The van der Waals surface area contributed by atoms with E-state index in [9.17, 15) is 9.59 Å². The molecule has 0 saturated heterocycles. The van der Waals surface area contributed by atoms with E-state index >= 15 is 0 Å². The van der Waals surface area contributed by atoms with E-state index in [0.717, 1.165) is 19.3 Å². The summed E-state index contributed by atoms with van der Waals surface area (Å²) in [6.07, 6.45) is 3.23. The zero-order valence-electron chi connectivity index (χ0n) is 13.4. The lowest BCUT2D eigenvalue weighted by Gasteiger charge is -2.35. The molecule has 5 nitrogen and oxygen atoms in total. The minimum absolute atomic E-state index is 0.350. The molecule has 1 unspecified atom stereocenters. The van der Waals surface area contributed by atoms with Crippen LogP contribution in [0.5, 0.6) is 5.75 Å². The highest BCUT2D eigenvalue weighted by atomic mass is 35.5. The Morgan fingerprint density at radius 3 is 2.48 bits per heavy atom. The maximum Gasteiger partial charge on any atom is 0.331 e. The lowest BCUT2D eigenvalue weighted by molar-refractivity contribution is -0.153. The summed E-state index contributed by atoms with van der Waals surface area (Å²) in [5.41, 5.74) is -0.942. The number of ether oxygens (including phenoxy) is 2. The fourth-order valence-corrected chi connectivity index (χ4v) is 3.03. The van der Waals surface area contributed by atoms with Crippen molar-refractivity contribution in [3.8, 4) is 5.75 Å². The van der Waals surface area contributed by atoms with Gasteiger partial charge in [0, 0.05) is 0 Å². The first-order valence-electron chi connectivity index (χ1n) is 7.80. The Morgan fingerprint density at radius 2 is 1.87 bits per heavy atom. The Kier molecular flexibility index (Phi) is 5.88. The Hall–Kier alpha value is -1.75. The van der Waals surface area contributed by atoms with E-state index in [0.29, 0.717) is 23.6 Å². The number of esters is 1. The molecule has 0 aliphatic heterocycles. The molecule has 0 radical (unpaired) electrons. The van der Waals surface area contributed by atoms with Gasteiger partial charge in [0.25, 0.3) is 5.91 Å². The number of halogens is 1. The molecule has 0 bridgehead atoms. The van der Waals surface area contributed by atoms with Gasteiger partial charge in [0.15, 0.2) is 6.10 Å². The molecular formula is C17H22ClNO4. The van der Waals surface area contributed by atoms with Gasteiger partial charge in [-0.05, 0) is 31.9 Å². The van der Waals surface area contributed by atoms with E-state index in [1.807, 2.05) is 0 Å². The molecule has 0 spiro atoms. The number of benzene rings is 1. The lowest BCUT2D eigenvalue weighted by atomic mass is 9.81. The number of carbonyl (C=O) groups excluding carboxylic acids is 2. The van der Waals surface area contributed by atoms with E-state index in [2.05, 4.69) is 5.32 Å². The van der Waals surface area contributed by atoms with Crippen LogP contribution in [0.4, 0.5) is 0 Å². The van der Waals surface area contributed by atoms with Gasteiger partial charge in [0.2, 0.25) is 0 Å². The summed E-state index contributed by atoms with van der Waals surface area (Å²) in [7, 11) is 1.34. The predicted octanol–water partition coefficient (Wildman–Crippen LogP) is 3.10. The summed E-state index contributed by atoms with van der Waals surface area (Å²) >= 11 is 6.03. The zero-order valence-corrected chi connectivity index (χ0v) is 14.2. The van der Waals surface area contributed by atoms with Crippen molar-refractivity contribution < 1.29 is 19.1 Å². The summed E-state index contributed by atoms with van der Waals surface area (Å²) < 4.78 is 10.5. The standard InChI is InChI=1S/C17H22ClNO4/c1-12(23-14-9-5-4-8-13(14)18)15(20)19-17(16(21)22-2)10-6-3-7-11-17/h4-5,8-9,12H,3,6-7,10-11H2,1-2H3,(H,19,20). The first-order chi connectivity index (χ1) is 11.0. The molecular weight excluding hydrogens is 318 g/mol. The Labute approximate surface area is 141 Å². The molecule has 126 valence electrons. The van der Waals surface area contributed by atoms with Crippen LogP contribution in [0.3, 0.4) is 0 Å². The molecule has 1 fully saturated rings. The Morgan fingerprint density at radius 1 is 1.22 bits per heavy atom. The minimum Gasteiger partial charge on any atom is -0.479 e. The molecule has 2 rings (SSSR count). The van der Waals surface area contributed by atoms with E-state index in [1.54, 1.807) is 31.2 Å². The van der Waals surface area contributed by atoms with Gasteiger partial charge in [-0.2, -0.15) is 0 Å². The maximum absolute atomic E-state index is 12.5. The minimum atomic E-state index is -0.942. The molecule has 6 heteroatoms. The molecule has 0 heterocycles. The molecule has 1 aliphatic carbocycles. The van der Waals surface area contributed by atoms with E-state index in [1.165, 1.54) is 7.11 Å². The van der Waals surface area contributed by atoms with Crippen molar-refractivity contribution in [2.45, 2.75) is 50.7 Å². The molecule has 1 amide bonds. The summed E-state index contributed by atoms with van der Waals surface area (Å²) in [4.78, 5) is 24.6. The predicted molar refractivity (Wildman–Crippen MR) is 87.5 cm³/mol. The van der Waals surface area contributed by atoms with Crippen LogP contribution in [0.15, 0.2) is 24.3 Å². The highest BCUT2D eigenvalue weighted by molar-refractivity contribution is 6.32. The van der Waals surface area contributed by atoms with Crippen molar-refractivity contribution in [3.63, 3.8) is 0 Å². The SMILES string of the molecule is COC(=O)C1(NC(=O)C(C)Oc2ccccc2Cl)CCCCC1. The number of para-hydroxylation sites is 1. The van der Waals surface area contributed by atoms with Crippen LogP contribution < -0.4 is 10.1 Å². The highest BCUT2D eigenvalue weighted by Crippen LogP contribution is 2.30. The topological polar surface area (TPSA) is 64.6 Å². The van der Waals surface area contributed by atoms with Crippen molar-refractivity contribution in [2.24, 2.45) is 0 Å². The monoisotopic (exact) mass is 339 g/mol. The second-order valence-corrected chi connectivity index (χ2v) is 6.22. The normalized spacial score (nSPS) is 17.9. The van der Waals surface area contributed by atoms with Gasteiger partial charge in [-0.15, -0.1) is 0 Å². The molecule has 1 saturated carbocycles. The summed E-state index contributed by atoms with van der Waals surface area (Å²) in [5, 5.41) is 3.28. The largest absolute Gasteiger partial charge is 0.479 e.